The summed E-state index contributed by atoms with van der Waals surface area (Å²) in [5.41, 5.74) is 5.81. The van der Waals surface area contributed by atoms with E-state index in [1.165, 1.54) is 0 Å². The molecule has 2 N–H and O–H groups in total. The van der Waals surface area contributed by atoms with E-state index in [-0.39, 0.29) is 0 Å². The first-order valence-electron chi connectivity index (χ1n) is 7.17. The van der Waals surface area contributed by atoms with Crippen LogP contribution in [0.3, 0.4) is 0 Å². The first kappa shape index (κ1) is 17.4. The quantitative estimate of drug-likeness (QED) is 0.780. The minimum atomic E-state index is 0.338. The smallest absolute Gasteiger partial charge is 0.149 e. The predicted octanol–water partition coefficient (Wildman–Crippen LogP) is 4.87. The largest absolute Gasteiger partial charge is 0.382 e. The van der Waals surface area contributed by atoms with Crippen LogP contribution in [-0.2, 0) is 0 Å². The molecule has 114 valence electrons. The topological polar surface area (TPSA) is 42.2 Å². The van der Waals surface area contributed by atoms with Crippen molar-refractivity contribution in [2.75, 3.05) is 23.7 Å². The Balaban J connectivity index is 2.93. The van der Waals surface area contributed by atoms with E-state index in [0.29, 0.717) is 27.7 Å². The summed E-state index contributed by atoms with van der Waals surface area (Å²) in [5, 5.41) is 0.975. The van der Waals surface area contributed by atoms with Gasteiger partial charge in [0.05, 0.1) is 10.0 Å². The lowest BCUT2D eigenvalue weighted by Crippen LogP contribution is -2.29. The summed E-state index contributed by atoms with van der Waals surface area (Å²) in [6.45, 7) is 10.7. The number of nitrogens with two attached hydrogens (primary N) is 1. The molecule has 0 saturated heterocycles. The molecule has 1 heterocycles. The molecule has 0 bridgehead atoms. The van der Waals surface area contributed by atoms with E-state index in [4.69, 9.17) is 28.9 Å². The molecule has 0 amide bonds. The molecule has 0 aromatic carbocycles. The van der Waals surface area contributed by atoms with Gasteiger partial charge in [-0.25, -0.2) is 4.98 Å². The van der Waals surface area contributed by atoms with Crippen molar-refractivity contribution in [3.05, 3.63) is 16.1 Å². The van der Waals surface area contributed by atoms with Crippen molar-refractivity contribution in [1.29, 1.82) is 0 Å². The maximum absolute atomic E-state index is 6.28. The molecule has 0 fully saturated rings. The second kappa shape index (κ2) is 7.94. The molecular weight excluding hydrogens is 293 g/mol. The molecule has 0 aliphatic rings. The van der Waals surface area contributed by atoms with Crippen molar-refractivity contribution < 1.29 is 0 Å². The van der Waals surface area contributed by atoms with E-state index in [9.17, 15) is 0 Å². The summed E-state index contributed by atoms with van der Waals surface area (Å²) in [4.78, 5) is 6.59. The van der Waals surface area contributed by atoms with Crippen LogP contribution < -0.4 is 10.6 Å². The summed E-state index contributed by atoms with van der Waals surface area (Å²) in [7, 11) is 0. The van der Waals surface area contributed by atoms with E-state index in [2.05, 4.69) is 37.6 Å². The number of rotatable bonds is 7. The van der Waals surface area contributed by atoms with Gasteiger partial charge in [0.15, 0.2) is 0 Å². The van der Waals surface area contributed by atoms with Crippen molar-refractivity contribution in [3.8, 4) is 0 Å². The molecule has 0 atom stereocenters. The average molecular weight is 318 g/mol. The van der Waals surface area contributed by atoms with Crippen molar-refractivity contribution >= 4 is 34.8 Å². The number of halogens is 2. The zero-order valence-electron chi connectivity index (χ0n) is 12.8. The molecule has 0 spiro atoms. The van der Waals surface area contributed by atoms with E-state index in [1.54, 1.807) is 6.07 Å². The molecular formula is C15H25Cl2N3. The normalized spacial score (nSPS) is 11.4. The van der Waals surface area contributed by atoms with Crippen LogP contribution in [0.25, 0.3) is 0 Å². The molecule has 1 aromatic rings. The fraction of sp³-hybridized carbons (Fsp3) is 0.667. The van der Waals surface area contributed by atoms with Crippen molar-refractivity contribution in [2.24, 2.45) is 11.8 Å². The Kier molecular flexibility index (Phi) is 6.90. The zero-order valence-corrected chi connectivity index (χ0v) is 14.3. The number of anilines is 2. The van der Waals surface area contributed by atoms with Crippen LogP contribution in [0, 0.1) is 11.8 Å². The molecule has 20 heavy (non-hydrogen) atoms. The maximum Gasteiger partial charge on any atom is 0.149 e. The Labute approximate surface area is 132 Å². The third-order valence-electron chi connectivity index (χ3n) is 3.19. The van der Waals surface area contributed by atoms with Crippen LogP contribution in [0.4, 0.5) is 11.6 Å². The van der Waals surface area contributed by atoms with E-state index >= 15 is 0 Å². The highest BCUT2D eigenvalue weighted by Gasteiger charge is 2.15. The van der Waals surface area contributed by atoms with Gasteiger partial charge < -0.3 is 10.6 Å². The van der Waals surface area contributed by atoms with Crippen molar-refractivity contribution in [1.82, 2.24) is 4.98 Å². The van der Waals surface area contributed by atoms with Gasteiger partial charge in [-0.2, -0.15) is 0 Å². The van der Waals surface area contributed by atoms with Crippen LogP contribution >= 0.6 is 23.2 Å². The Morgan fingerprint density at radius 3 is 2.00 bits per heavy atom. The average Bonchev–Trinajstić information content (AvgIpc) is 2.34. The molecule has 1 rings (SSSR count). The van der Waals surface area contributed by atoms with E-state index in [0.717, 1.165) is 31.7 Å². The molecule has 0 radical (unpaired) electrons. The van der Waals surface area contributed by atoms with Gasteiger partial charge in [0.1, 0.15) is 11.6 Å². The molecule has 0 aliphatic carbocycles. The highest BCUT2D eigenvalue weighted by molar-refractivity contribution is 6.37. The Morgan fingerprint density at radius 2 is 1.55 bits per heavy atom. The summed E-state index contributed by atoms with van der Waals surface area (Å²) < 4.78 is 0. The van der Waals surface area contributed by atoms with E-state index < -0.39 is 0 Å². The van der Waals surface area contributed by atoms with Gasteiger partial charge in [0.2, 0.25) is 0 Å². The second-order valence-electron chi connectivity index (χ2n) is 6.01. The number of nitrogen functional groups attached to an aromatic ring is 1. The third-order valence-corrected chi connectivity index (χ3v) is 3.77. The minimum Gasteiger partial charge on any atom is -0.382 e. The van der Waals surface area contributed by atoms with Crippen LogP contribution in [0.2, 0.25) is 10.0 Å². The lowest BCUT2D eigenvalue weighted by Gasteiger charge is -2.26. The molecule has 1 aromatic heterocycles. The first-order chi connectivity index (χ1) is 9.31. The summed E-state index contributed by atoms with van der Waals surface area (Å²) in [5.74, 6) is 2.36. The van der Waals surface area contributed by atoms with Crippen LogP contribution in [0.1, 0.15) is 40.5 Å². The van der Waals surface area contributed by atoms with Gasteiger partial charge >= 0.3 is 0 Å². The monoisotopic (exact) mass is 317 g/mol. The Bertz CT molecular complexity index is 421. The molecule has 5 heteroatoms. The SMILES string of the molecule is CC(C)CCN(CCC(C)C)c1nc(N)c(Cl)cc1Cl. The standard InChI is InChI=1S/C15H25Cl2N3/c1-10(2)5-7-20(8-6-11(3)4)15-13(17)9-12(16)14(18)19-15/h9-11H,5-8H2,1-4H3,(H2,18,19). The Hall–Kier alpha value is -0.670. The fourth-order valence-corrected chi connectivity index (χ4v) is 2.32. The number of pyridine rings is 1. The summed E-state index contributed by atoms with van der Waals surface area (Å²) in [6, 6.07) is 1.68. The van der Waals surface area contributed by atoms with Gasteiger partial charge in [0.25, 0.3) is 0 Å². The van der Waals surface area contributed by atoms with Crippen molar-refractivity contribution in [2.45, 2.75) is 40.5 Å². The number of hydrogen-bond donors (Lipinski definition) is 1. The van der Waals surface area contributed by atoms with Gasteiger partial charge in [-0.1, -0.05) is 50.9 Å². The first-order valence-corrected chi connectivity index (χ1v) is 7.93. The molecule has 0 unspecified atom stereocenters. The van der Waals surface area contributed by atoms with Gasteiger partial charge in [-0.15, -0.1) is 0 Å². The molecule has 3 nitrogen and oxygen atoms in total. The predicted molar refractivity (Wildman–Crippen MR) is 89.8 cm³/mol. The van der Waals surface area contributed by atoms with Crippen LogP contribution in [-0.4, -0.2) is 18.1 Å². The van der Waals surface area contributed by atoms with Crippen LogP contribution in [0.5, 0.6) is 0 Å². The van der Waals surface area contributed by atoms with Gasteiger partial charge in [-0.3, -0.25) is 0 Å². The molecule has 0 aliphatic heterocycles. The van der Waals surface area contributed by atoms with Crippen molar-refractivity contribution in [3.63, 3.8) is 0 Å². The highest BCUT2D eigenvalue weighted by Crippen LogP contribution is 2.30. The summed E-state index contributed by atoms with van der Waals surface area (Å²) in [6.07, 6.45) is 2.19. The minimum absolute atomic E-state index is 0.338. The third kappa shape index (κ3) is 5.37. The summed E-state index contributed by atoms with van der Waals surface area (Å²) >= 11 is 12.2. The number of aromatic nitrogens is 1. The highest BCUT2D eigenvalue weighted by atomic mass is 35.5. The van der Waals surface area contributed by atoms with Gasteiger partial charge in [-0.05, 0) is 30.7 Å². The lowest BCUT2D eigenvalue weighted by atomic mass is 10.1. The second-order valence-corrected chi connectivity index (χ2v) is 6.83. The number of nitrogens with zero attached hydrogens (tertiary/aromatic N) is 2. The van der Waals surface area contributed by atoms with Crippen LogP contribution in [0.15, 0.2) is 6.07 Å². The molecule has 0 saturated carbocycles. The zero-order chi connectivity index (χ0) is 15.3. The maximum atomic E-state index is 6.28. The van der Waals surface area contributed by atoms with E-state index in [1.807, 2.05) is 0 Å². The number of hydrogen-bond acceptors (Lipinski definition) is 3. The fourth-order valence-electron chi connectivity index (χ4n) is 1.84. The lowest BCUT2D eigenvalue weighted by molar-refractivity contribution is 0.533. The Morgan fingerprint density at radius 1 is 1.05 bits per heavy atom. The van der Waals surface area contributed by atoms with Gasteiger partial charge in [0, 0.05) is 13.1 Å².